The Bertz CT molecular complexity index is 1140. The largest absolute Gasteiger partial charge is 0.457 e. The van der Waals surface area contributed by atoms with E-state index in [2.05, 4.69) is 69.0 Å². The van der Waals surface area contributed by atoms with Gasteiger partial charge in [0.15, 0.2) is 0 Å². The van der Waals surface area contributed by atoms with Crippen LogP contribution in [-0.4, -0.2) is 62.2 Å². The summed E-state index contributed by atoms with van der Waals surface area (Å²) in [7, 11) is 0. The van der Waals surface area contributed by atoms with Crippen LogP contribution in [0.5, 0.6) is 23.0 Å². The van der Waals surface area contributed by atoms with E-state index in [1.807, 2.05) is 60.7 Å². The number of nitrogens with zero attached hydrogens (tertiary/aromatic N) is 2. The molecule has 0 amide bonds. The molecule has 0 saturated carbocycles. The van der Waals surface area contributed by atoms with Crippen LogP contribution in [0.4, 0.5) is 0 Å². The van der Waals surface area contributed by atoms with Crippen molar-refractivity contribution in [3.63, 3.8) is 0 Å². The predicted octanol–water partition coefficient (Wildman–Crippen LogP) is 5.77. The van der Waals surface area contributed by atoms with Crippen LogP contribution in [-0.2, 0) is 13.1 Å². The van der Waals surface area contributed by atoms with Crippen LogP contribution in [0.15, 0.2) is 109 Å². The van der Waals surface area contributed by atoms with Crippen LogP contribution >= 0.6 is 0 Å². The van der Waals surface area contributed by atoms with Gasteiger partial charge in [-0.05, 0) is 59.7 Å². The van der Waals surface area contributed by atoms with Gasteiger partial charge in [0, 0.05) is 65.4 Å². The van der Waals surface area contributed by atoms with E-state index in [0.717, 1.165) is 88.4 Å². The number of nitrogens with one attached hydrogen (secondary N) is 2. The van der Waals surface area contributed by atoms with Crippen molar-refractivity contribution in [2.45, 2.75) is 13.1 Å². The van der Waals surface area contributed by atoms with E-state index >= 15 is 0 Å². The van der Waals surface area contributed by atoms with Crippen molar-refractivity contribution in [1.29, 1.82) is 0 Å². The molecule has 1 saturated heterocycles. The molecule has 4 aromatic carbocycles. The normalized spacial score (nSPS) is 16.0. The van der Waals surface area contributed by atoms with Crippen LogP contribution in [0.25, 0.3) is 0 Å². The van der Waals surface area contributed by atoms with Crippen LogP contribution in [0.2, 0.25) is 0 Å². The molecule has 1 heterocycles. The lowest BCUT2D eigenvalue weighted by atomic mass is 10.2. The first kappa shape index (κ1) is 27.9. The van der Waals surface area contributed by atoms with Crippen molar-refractivity contribution in [1.82, 2.24) is 20.4 Å². The molecular weight excluding hydrogens is 496 g/mol. The minimum atomic E-state index is 0.861. The van der Waals surface area contributed by atoms with Crippen LogP contribution < -0.4 is 20.1 Å². The second-order valence-corrected chi connectivity index (χ2v) is 10.2. The smallest absolute Gasteiger partial charge is 0.127 e. The summed E-state index contributed by atoms with van der Waals surface area (Å²) in [5.41, 5.74) is 2.61. The molecule has 5 rings (SSSR count). The third kappa shape index (κ3) is 9.21. The van der Waals surface area contributed by atoms with E-state index in [-0.39, 0.29) is 0 Å². The summed E-state index contributed by atoms with van der Waals surface area (Å²) in [6.45, 7) is 9.88. The zero-order valence-corrected chi connectivity index (χ0v) is 23.2. The maximum absolute atomic E-state index is 5.95. The van der Waals surface area contributed by atoms with Gasteiger partial charge in [-0.3, -0.25) is 9.80 Å². The minimum Gasteiger partial charge on any atom is -0.457 e. The highest BCUT2D eigenvalue weighted by Crippen LogP contribution is 2.22. The summed E-state index contributed by atoms with van der Waals surface area (Å²) in [4.78, 5) is 5.04. The van der Waals surface area contributed by atoms with Crippen molar-refractivity contribution >= 4 is 0 Å². The van der Waals surface area contributed by atoms with Crippen molar-refractivity contribution in [2.75, 3.05) is 52.4 Å². The molecule has 1 aliphatic rings. The number of benzene rings is 4. The van der Waals surface area contributed by atoms with E-state index in [0.29, 0.717) is 0 Å². The highest BCUT2D eigenvalue weighted by molar-refractivity contribution is 5.34. The lowest BCUT2D eigenvalue weighted by molar-refractivity contribution is 0.233. The van der Waals surface area contributed by atoms with E-state index < -0.39 is 0 Å². The fourth-order valence-electron chi connectivity index (χ4n) is 4.83. The first-order valence-corrected chi connectivity index (χ1v) is 14.3. The Labute approximate surface area is 238 Å². The molecular formula is C34H40N4O2. The Kier molecular flexibility index (Phi) is 10.6. The monoisotopic (exact) mass is 536 g/mol. The molecule has 6 nitrogen and oxygen atoms in total. The first-order chi connectivity index (χ1) is 19.8. The Morgan fingerprint density at radius 3 is 1.10 bits per heavy atom. The van der Waals surface area contributed by atoms with Gasteiger partial charge in [0.25, 0.3) is 0 Å². The maximum Gasteiger partial charge on any atom is 0.127 e. The average Bonchev–Trinajstić information content (AvgIpc) is 2.98. The Morgan fingerprint density at radius 2 is 0.750 bits per heavy atom. The van der Waals surface area contributed by atoms with E-state index in [9.17, 15) is 0 Å². The molecule has 6 heteroatoms. The van der Waals surface area contributed by atoms with Crippen LogP contribution in [0.1, 0.15) is 11.1 Å². The summed E-state index contributed by atoms with van der Waals surface area (Å²) in [5, 5.41) is 7.33. The number of para-hydroxylation sites is 2. The van der Waals surface area contributed by atoms with Crippen LogP contribution in [0, 0.1) is 0 Å². The molecule has 0 unspecified atom stereocenters. The second kappa shape index (κ2) is 15.2. The molecule has 208 valence electrons. The minimum absolute atomic E-state index is 0.861. The molecule has 40 heavy (non-hydrogen) atoms. The predicted molar refractivity (Wildman–Crippen MR) is 162 cm³/mol. The van der Waals surface area contributed by atoms with Gasteiger partial charge in [0.1, 0.15) is 23.0 Å². The third-order valence-electron chi connectivity index (χ3n) is 7.04. The molecule has 4 aromatic rings. The highest BCUT2D eigenvalue weighted by Gasteiger charge is 2.11. The number of ether oxygens (including phenoxy) is 2. The Hall–Kier alpha value is -3.68. The fourth-order valence-corrected chi connectivity index (χ4v) is 4.83. The van der Waals surface area contributed by atoms with Gasteiger partial charge >= 0.3 is 0 Å². The van der Waals surface area contributed by atoms with Gasteiger partial charge in [-0.1, -0.05) is 60.7 Å². The topological polar surface area (TPSA) is 49.0 Å². The summed E-state index contributed by atoms with van der Waals surface area (Å²) < 4.78 is 11.9. The lowest BCUT2D eigenvalue weighted by Crippen LogP contribution is -2.42. The number of hydrogen-bond donors (Lipinski definition) is 2. The van der Waals surface area contributed by atoms with Gasteiger partial charge < -0.3 is 20.1 Å². The average molecular weight is 537 g/mol. The second-order valence-electron chi connectivity index (χ2n) is 10.2. The fraction of sp³-hybridized carbons (Fsp3) is 0.294. The molecule has 2 N–H and O–H groups in total. The summed E-state index contributed by atoms with van der Waals surface area (Å²) in [6, 6.07) is 36.8. The standard InChI is InChI=1S/C34H40N4O2/c1-3-7-31(8-4-1)39-33-15-11-29(12-16-33)27-37-23-19-35-21-25-38(26-22-36-20-24-37)28-30-13-17-34(18-14-30)40-32-9-5-2-6-10-32/h1-18,35-36H,19-28H2. The molecule has 0 radical (unpaired) electrons. The van der Waals surface area contributed by atoms with E-state index in [4.69, 9.17) is 9.47 Å². The molecule has 0 bridgehead atoms. The SMILES string of the molecule is c1ccc(Oc2ccc(CN3CCNCCN(Cc4ccc(Oc5ccccc5)cc4)CCNCC3)cc2)cc1. The lowest BCUT2D eigenvalue weighted by Gasteiger charge is -2.27. The highest BCUT2D eigenvalue weighted by atomic mass is 16.5. The quantitative estimate of drug-likeness (QED) is 0.298. The van der Waals surface area contributed by atoms with Gasteiger partial charge in [-0.15, -0.1) is 0 Å². The zero-order chi connectivity index (χ0) is 27.2. The maximum atomic E-state index is 5.95. The number of hydrogen-bond acceptors (Lipinski definition) is 6. The molecule has 0 spiro atoms. The Balaban J connectivity index is 1.06. The molecule has 0 aliphatic carbocycles. The van der Waals surface area contributed by atoms with Crippen molar-refractivity contribution in [3.8, 4) is 23.0 Å². The number of rotatable bonds is 8. The Morgan fingerprint density at radius 1 is 0.425 bits per heavy atom. The van der Waals surface area contributed by atoms with Crippen molar-refractivity contribution < 1.29 is 9.47 Å². The summed E-state index contributed by atoms with van der Waals surface area (Å²) in [6.07, 6.45) is 0. The van der Waals surface area contributed by atoms with Crippen LogP contribution in [0.3, 0.4) is 0 Å². The van der Waals surface area contributed by atoms with Gasteiger partial charge in [-0.2, -0.15) is 0 Å². The first-order valence-electron chi connectivity index (χ1n) is 14.3. The zero-order valence-electron chi connectivity index (χ0n) is 23.2. The van der Waals surface area contributed by atoms with Crippen molar-refractivity contribution in [3.05, 3.63) is 120 Å². The van der Waals surface area contributed by atoms with E-state index in [1.54, 1.807) is 0 Å². The summed E-state index contributed by atoms with van der Waals surface area (Å²) in [5.74, 6) is 3.46. The molecule has 1 fully saturated rings. The van der Waals surface area contributed by atoms with E-state index in [1.165, 1.54) is 11.1 Å². The van der Waals surface area contributed by atoms with Crippen molar-refractivity contribution in [2.24, 2.45) is 0 Å². The summed E-state index contributed by atoms with van der Waals surface area (Å²) >= 11 is 0. The molecule has 0 aromatic heterocycles. The van der Waals surface area contributed by atoms with Gasteiger partial charge in [0.05, 0.1) is 0 Å². The molecule has 0 atom stereocenters. The van der Waals surface area contributed by atoms with Gasteiger partial charge in [0.2, 0.25) is 0 Å². The molecule has 1 aliphatic heterocycles. The van der Waals surface area contributed by atoms with Gasteiger partial charge in [-0.25, -0.2) is 0 Å². The third-order valence-corrected chi connectivity index (χ3v) is 7.04.